The number of hydrogen-bond acceptors (Lipinski definition) is 5. The molecule has 1 amide bonds. The number of carbonyl (C=O) groups excluding carboxylic acids is 1. The quantitative estimate of drug-likeness (QED) is 0.715. The topological polar surface area (TPSA) is 75.7 Å². The van der Waals surface area contributed by atoms with Crippen molar-refractivity contribution >= 4 is 27.3 Å². The van der Waals surface area contributed by atoms with Gasteiger partial charge in [-0.25, -0.2) is 12.8 Å². The van der Waals surface area contributed by atoms with E-state index in [0.717, 1.165) is 5.56 Å². The van der Waals surface area contributed by atoms with Gasteiger partial charge in [-0.15, -0.1) is 0 Å². The molecule has 9 heteroatoms. The number of nitrogens with zero attached hydrogens (tertiary/aromatic N) is 1. The van der Waals surface area contributed by atoms with E-state index in [9.17, 15) is 17.6 Å². The van der Waals surface area contributed by atoms with Crippen LogP contribution in [0.5, 0.6) is 0 Å². The van der Waals surface area contributed by atoms with Crippen molar-refractivity contribution in [2.24, 2.45) is 0 Å². The number of ether oxygens (including phenoxy) is 1. The van der Waals surface area contributed by atoms with Crippen LogP contribution in [0.2, 0.25) is 5.02 Å². The predicted molar refractivity (Wildman–Crippen MR) is 108 cm³/mol. The Morgan fingerprint density at radius 2 is 1.72 bits per heavy atom. The van der Waals surface area contributed by atoms with E-state index >= 15 is 0 Å². The number of morpholine rings is 1. The van der Waals surface area contributed by atoms with Gasteiger partial charge in [0, 0.05) is 24.7 Å². The molecule has 1 saturated heterocycles. The summed E-state index contributed by atoms with van der Waals surface area (Å²) in [6.07, 6.45) is 0. The number of nitrogens with one attached hydrogen (secondary N) is 1. The van der Waals surface area contributed by atoms with E-state index in [1.165, 1.54) is 36.4 Å². The summed E-state index contributed by atoms with van der Waals surface area (Å²) in [5, 5.41) is 3.13. The van der Waals surface area contributed by atoms with Gasteiger partial charge >= 0.3 is 0 Å². The van der Waals surface area contributed by atoms with Crippen molar-refractivity contribution in [3.63, 3.8) is 0 Å². The zero-order chi connectivity index (χ0) is 20.9. The van der Waals surface area contributed by atoms with Crippen LogP contribution in [0.15, 0.2) is 53.4 Å². The number of carbonyl (C=O) groups is 1. The molecule has 6 nitrogen and oxygen atoms in total. The Morgan fingerprint density at radius 3 is 2.34 bits per heavy atom. The molecular weight excluding hydrogens is 419 g/mol. The lowest BCUT2D eigenvalue weighted by Crippen LogP contribution is -2.44. The molecule has 0 aromatic heterocycles. The van der Waals surface area contributed by atoms with Crippen molar-refractivity contribution in [3.8, 4) is 0 Å². The van der Waals surface area contributed by atoms with Crippen molar-refractivity contribution in [2.75, 3.05) is 38.6 Å². The number of hydrogen-bond donors (Lipinski definition) is 1. The van der Waals surface area contributed by atoms with Gasteiger partial charge in [0.25, 0.3) is 0 Å². The van der Waals surface area contributed by atoms with Crippen LogP contribution in [0, 0.1) is 5.82 Å². The number of sulfone groups is 1. The van der Waals surface area contributed by atoms with Gasteiger partial charge < -0.3 is 10.1 Å². The second-order valence-corrected chi connectivity index (χ2v) is 9.16. The molecule has 1 heterocycles. The number of amides is 1. The van der Waals surface area contributed by atoms with Crippen LogP contribution < -0.4 is 5.32 Å². The fourth-order valence-corrected chi connectivity index (χ4v) is 4.48. The van der Waals surface area contributed by atoms with Crippen LogP contribution in [0.3, 0.4) is 0 Å². The average Bonchev–Trinajstić information content (AvgIpc) is 2.70. The highest BCUT2D eigenvalue weighted by molar-refractivity contribution is 7.92. The Bertz CT molecular complexity index is 930. The Kier molecular flexibility index (Phi) is 7.23. The number of benzene rings is 2. The van der Waals surface area contributed by atoms with Crippen molar-refractivity contribution in [3.05, 3.63) is 64.9 Å². The number of halogens is 2. The fraction of sp³-hybridized carbons (Fsp3) is 0.350. The largest absolute Gasteiger partial charge is 0.379 e. The smallest absolute Gasteiger partial charge is 0.235 e. The summed E-state index contributed by atoms with van der Waals surface area (Å²) in [4.78, 5) is 14.5. The van der Waals surface area contributed by atoms with E-state index in [1.807, 2.05) is 0 Å². The zero-order valence-electron chi connectivity index (χ0n) is 15.7. The molecule has 0 spiro atoms. The van der Waals surface area contributed by atoms with Gasteiger partial charge in [0.05, 0.1) is 24.2 Å². The summed E-state index contributed by atoms with van der Waals surface area (Å²) in [7, 11) is -3.77. The highest BCUT2D eigenvalue weighted by Gasteiger charge is 2.25. The first-order valence-corrected chi connectivity index (χ1v) is 11.2. The van der Waals surface area contributed by atoms with Crippen LogP contribution in [0.4, 0.5) is 4.39 Å². The molecule has 0 bridgehead atoms. The highest BCUT2D eigenvalue weighted by atomic mass is 35.5. The zero-order valence-corrected chi connectivity index (χ0v) is 17.3. The van der Waals surface area contributed by atoms with Crippen molar-refractivity contribution in [1.29, 1.82) is 0 Å². The van der Waals surface area contributed by atoms with Crippen LogP contribution in [-0.4, -0.2) is 57.8 Å². The minimum absolute atomic E-state index is 0.0420. The van der Waals surface area contributed by atoms with Crippen molar-refractivity contribution in [2.45, 2.75) is 10.9 Å². The molecule has 0 saturated carbocycles. The van der Waals surface area contributed by atoms with Crippen LogP contribution >= 0.6 is 11.6 Å². The Balaban J connectivity index is 1.67. The van der Waals surface area contributed by atoms with E-state index in [2.05, 4.69) is 10.2 Å². The molecule has 2 aromatic carbocycles. The maximum Gasteiger partial charge on any atom is 0.235 e. The summed E-state index contributed by atoms with van der Waals surface area (Å²) in [5.74, 6) is -1.60. The Morgan fingerprint density at radius 1 is 1.10 bits per heavy atom. The van der Waals surface area contributed by atoms with Gasteiger partial charge in [0.1, 0.15) is 11.6 Å². The van der Waals surface area contributed by atoms with Crippen LogP contribution in [-0.2, 0) is 19.4 Å². The summed E-state index contributed by atoms with van der Waals surface area (Å²) >= 11 is 5.78. The summed E-state index contributed by atoms with van der Waals surface area (Å²) in [5.41, 5.74) is 0.842. The Hall–Kier alpha value is -2.00. The third-order valence-electron chi connectivity index (χ3n) is 4.73. The predicted octanol–water partition coefficient (Wildman–Crippen LogP) is 2.44. The third kappa shape index (κ3) is 5.99. The average molecular weight is 441 g/mol. The molecule has 156 valence electrons. The second-order valence-electron chi connectivity index (χ2n) is 6.73. The molecule has 1 aliphatic heterocycles. The second kappa shape index (κ2) is 9.67. The molecule has 29 heavy (non-hydrogen) atoms. The minimum atomic E-state index is -3.77. The van der Waals surface area contributed by atoms with Crippen LogP contribution in [0.25, 0.3) is 0 Å². The SMILES string of the molecule is O=C(CS(=O)(=O)c1ccc(Cl)cc1)NCC(c1ccc(F)cc1)N1CCOCC1. The molecule has 0 radical (unpaired) electrons. The van der Waals surface area contributed by atoms with Crippen molar-refractivity contribution < 1.29 is 22.3 Å². The van der Waals surface area contributed by atoms with Gasteiger partial charge in [-0.3, -0.25) is 9.69 Å². The van der Waals surface area contributed by atoms with E-state index in [-0.39, 0.29) is 23.3 Å². The fourth-order valence-electron chi connectivity index (χ4n) is 3.19. The lowest BCUT2D eigenvalue weighted by molar-refractivity contribution is -0.119. The van der Waals surface area contributed by atoms with E-state index < -0.39 is 21.5 Å². The molecule has 3 rings (SSSR count). The van der Waals surface area contributed by atoms with Gasteiger partial charge in [-0.2, -0.15) is 0 Å². The lowest BCUT2D eigenvalue weighted by atomic mass is 10.0. The molecular formula is C20H22ClFN2O4S. The van der Waals surface area contributed by atoms with E-state index in [1.54, 1.807) is 12.1 Å². The van der Waals surface area contributed by atoms with Gasteiger partial charge in [-0.1, -0.05) is 23.7 Å². The highest BCUT2D eigenvalue weighted by Crippen LogP contribution is 2.22. The Labute approximate surface area is 174 Å². The molecule has 1 aliphatic rings. The maximum atomic E-state index is 13.3. The van der Waals surface area contributed by atoms with Gasteiger partial charge in [-0.05, 0) is 42.0 Å². The van der Waals surface area contributed by atoms with Crippen LogP contribution in [0.1, 0.15) is 11.6 Å². The first-order chi connectivity index (χ1) is 13.8. The summed E-state index contributed by atoms with van der Waals surface area (Å²) < 4.78 is 43.5. The van der Waals surface area contributed by atoms with Gasteiger partial charge in [0.2, 0.25) is 5.91 Å². The molecule has 1 N–H and O–H groups in total. The standard InChI is InChI=1S/C20H22ClFN2O4S/c21-16-3-7-18(8-4-16)29(26,27)14-20(25)23-13-19(24-9-11-28-12-10-24)15-1-5-17(22)6-2-15/h1-8,19H,9-14H2,(H,23,25). The summed E-state index contributed by atoms with van der Waals surface area (Å²) in [6, 6.07) is 11.6. The normalized spacial score (nSPS) is 16.3. The van der Waals surface area contributed by atoms with Crippen molar-refractivity contribution in [1.82, 2.24) is 10.2 Å². The molecule has 0 aliphatic carbocycles. The van der Waals surface area contributed by atoms with E-state index in [4.69, 9.17) is 16.3 Å². The molecule has 1 unspecified atom stereocenters. The first-order valence-electron chi connectivity index (χ1n) is 9.17. The van der Waals surface area contributed by atoms with E-state index in [0.29, 0.717) is 31.3 Å². The number of rotatable bonds is 7. The molecule has 2 aromatic rings. The minimum Gasteiger partial charge on any atom is -0.379 e. The summed E-state index contributed by atoms with van der Waals surface area (Å²) in [6.45, 7) is 2.68. The third-order valence-corrected chi connectivity index (χ3v) is 6.61. The van der Waals surface area contributed by atoms with Gasteiger partial charge in [0.15, 0.2) is 9.84 Å². The first kappa shape index (κ1) is 21.7. The maximum absolute atomic E-state index is 13.3. The monoisotopic (exact) mass is 440 g/mol. The lowest BCUT2D eigenvalue weighted by Gasteiger charge is -2.35. The molecule has 1 atom stereocenters. The molecule has 1 fully saturated rings.